The molecule has 0 saturated heterocycles. The Hall–Kier alpha value is -6.40. The van der Waals surface area contributed by atoms with Crippen molar-refractivity contribution in [2.45, 2.75) is 0 Å². The minimum Gasteiger partial charge on any atom is -0.244 e. The summed E-state index contributed by atoms with van der Waals surface area (Å²) in [5.41, 5.74) is 10.7. The van der Waals surface area contributed by atoms with Crippen molar-refractivity contribution in [1.29, 1.82) is 0 Å². The summed E-state index contributed by atoms with van der Waals surface area (Å²) in [7, 11) is 0. The van der Waals surface area contributed by atoms with E-state index in [4.69, 9.17) is 0 Å². The number of hydrogen-bond donors (Lipinski definition) is 0. The fourth-order valence-electron chi connectivity index (χ4n) is 6.61. The molecule has 6 nitrogen and oxygen atoms in total. The van der Waals surface area contributed by atoms with Gasteiger partial charge in [0, 0.05) is 53.9 Å². The molecule has 0 bridgehead atoms. The third kappa shape index (κ3) is 4.35. The Morgan fingerprint density at radius 3 is 1.13 bits per heavy atom. The fraction of sp³-hybridized carbons (Fsp3) is 0. The highest BCUT2D eigenvalue weighted by Gasteiger charge is 2.16. The van der Waals surface area contributed by atoms with E-state index in [9.17, 15) is 0 Å². The maximum atomic E-state index is 4.28. The second-order valence-electron chi connectivity index (χ2n) is 11.4. The zero-order valence-corrected chi connectivity index (χ0v) is 24.5. The molecule has 0 spiro atoms. The van der Waals surface area contributed by atoms with Crippen molar-refractivity contribution in [3.05, 3.63) is 147 Å². The van der Waals surface area contributed by atoms with Crippen molar-refractivity contribution in [2.24, 2.45) is 0 Å². The third-order valence-electron chi connectivity index (χ3n) is 8.79. The fourth-order valence-corrected chi connectivity index (χ4v) is 6.61. The first kappa shape index (κ1) is 26.0. The average Bonchev–Trinajstić information content (AvgIpc) is 3.14. The van der Waals surface area contributed by atoms with Gasteiger partial charge in [0.1, 0.15) is 19.0 Å². The molecule has 0 aliphatic rings. The first-order chi connectivity index (χ1) is 22.8. The number of benzene rings is 6. The van der Waals surface area contributed by atoms with Gasteiger partial charge >= 0.3 is 0 Å². The summed E-state index contributed by atoms with van der Waals surface area (Å²) in [5, 5.41) is 7.44. The topological polar surface area (TPSA) is 77.3 Å². The number of hydrogen-bond acceptors (Lipinski definition) is 6. The Labute approximate surface area is 264 Å². The molecule has 46 heavy (non-hydrogen) atoms. The molecular formula is C40H24N6. The van der Waals surface area contributed by atoms with Gasteiger partial charge in [0.2, 0.25) is 0 Å². The number of aromatic nitrogens is 6. The van der Waals surface area contributed by atoms with Crippen LogP contribution in [0.1, 0.15) is 0 Å². The molecule has 0 saturated carbocycles. The predicted octanol–water partition coefficient (Wildman–Crippen LogP) is 9.29. The molecule has 6 heteroatoms. The van der Waals surface area contributed by atoms with Crippen LogP contribution in [0.5, 0.6) is 0 Å². The SMILES string of the molecule is c1ncc(-c2ccc(-c3ccc4ccc5ccc(-c6cc(-c7cncnc7)cc(-c7cncnc7)c6)c6ccc3c4c56)cc2)cn1. The Morgan fingerprint density at radius 2 is 0.652 bits per heavy atom. The lowest BCUT2D eigenvalue weighted by atomic mass is 9.86. The monoisotopic (exact) mass is 588 g/mol. The van der Waals surface area contributed by atoms with Gasteiger partial charge in [0.15, 0.2) is 0 Å². The molecule has 0 N–H and O–H groups in total. The largest absolute Gasteiger partial charge is 0.244 e. The van der Waals surface area contributed by atoms with Gasteiger partial charge in [-0.25, -0.2) is 29.9 Å². The molecule has 9 rings (SSSR count). The van der Waals surface area contributed by atoms with Crippen molar-refractivity contribution in [3.63, 3.8) is 0 Å². The van der Waals surface area contributed by atoms with E-state index in [0.717, 1.165) is 38.9 Å². The summed E-state index contributed by atoms with van der Waals surface area (Å²) in [6, 6.07) is 33.2. The van der Waals surface area contributed by atoms with Crippen LogP contribution < -0.4 is 0 Å². The highest BCUT2D eigenvalue weighted by atomic mass is 14.8. The first-order valence-corrected chi connectivity index (χ1v) is 15.0. The lowest BCUT2D eigenvalue weighted by Crippen LogP contribution is -1.91. The summed E-state index contributed by atoms with van der Waals surface area (Å²) >= 11 is 0. The van der Waals surface area contributed by atoms with Crippen LogP contribution >= 0.6 is 0 Å². The molecule has 0 amide bonds. The van der Waals surface area contributed by atoms with Crippen LogP contribution in [0, 0.1) is 0 Å². The Kier molecular flexibility index (Phi) is 6.03. The van der Waals surface area contributed by atoms with Gasteiger partial charge in [-0.1, -0.05) is 72.8 Å². The summed E-state index contributed by atoms with van der Waals surface area (Å²) in [5.74, 6) is 0. The van der Waals surface area contributed by atoms with E-state index in [-0.39, 0.29) is 0 Å². The minimum atomic E-state index is 0.954. The van der Waals surface area contributed by atoms with Crippen molar-refractivity contribution < 1.29 is 0 Å². The van der Waals surface area contributed by atoms with Gasteiger partial charge in [-0.05, 0) is 89.5 Å². The van der Waals surface area contributed by atoms with E-state index < -0.39 is 0 Å². The van der Waals surface area contributed by atoms with E-state index in [1.807, 2.05) is 37.2 Å². The molecule has 214 valence electrons. The normalized spacial score (nSPS) is 11.5. The lowest BCUT2D eigenvalue weighted by molar-refractivity contribution is 1.17. The molecule has 0 atom stereocenters. The maximum Gasteiger partial charge on any atom is 0.115 e. The minimum absolute atomic E-state index is 0.954. The quantitative estimate of drug-likeness (QED) is 0.187. The molecule has 3 heterocycles. The van der Waals surface area contributed by atoms with E-state index in [0.29, 0.717) is 0 Å². The van der Waals surface area contributed by atoms with Crippen LogP contribution in [0.25, 0.3) is 88.0 Å². The first-order valence-electron chi connectivity index (χ1n) is 15.0. The van der Waals surface area contributed by atoms with Crippen LogP contribution in [0.4, 0.5) is 0 Å². The van der Waals surface area contributed by atoms with E-state index in [1.54, 1.807) is 19.0 Å². The molecule has 0 aliphatic heterocycles. The number of rotatable bonds is 5. The molecule has 6 aromatic carbocycles. The molecule has 3 aromatic heterocycles. The molecular weight excluding hydrogens is 564 g/mol. The molecule has 0 aliphatic carbocycles. The van der Waals surface area contributed by atoms with Gasteiger partial charge in [0.25, 0.3) is 0 Å². The average molecular weight is 589 g/mol. The highest BCUT2D eigenvalue weighted by Crippen LogP contribution is 2.43. The molecule has 9 aromatic rings. The van der Waals surface area contributed by atoms with Crippen LogP contribution in [0.2, 0.25) is 0 Å². The van der Waals surface area contributed by atoms with Crippen LogP contribution in [-0.2, 0) is 0 Å². The number of nitrogens with zero attached hydrogens (tertiary/aromatic N) is 6. The standard InChI is InChI=1S/C40H24N6/c1-3-26(4-2-25(1)32-16-41-22-42-17-32)35-9-7-27-5-6-28-8-10-36(38-12-11-37(35)39(27)40(28)38)31-14-29(33-18-43-23-44-19-33)13-30(15-31)34-20-45-24-46-21-34/h1-24H. The summed E-state index contributed by atoms with van der Waals surface area (Å²) in [4.78, 5) is 25.5. The van der Waals surface area contributed by atoms with Gasteiger partial charge in [-0.2, -0.15) is 0 Å². The summed E-state index contributed by atoms with van der Waals surface area (Å²) in [6.45, 7) is 0. The van der Waals surface area contributed by atoms with Gasteiger partial charge in [-0.15, -0.1) is 0 Å². The maximum absolute atomic E-state index is 4.28. The second kappa shape index (κ2) is 10.6. The summed E-state index contributed by atoms with van der Waals surface area (Å²) < 4.78 is 0. The van der Waals surface area contributed by atoms with E-state index in [1.165, 1.54) is 49.0 Å². The predicted molar refractivity (Wildman–Crippen MR) is 184 cm³/mol. The van der Waals surface area contributed by atoms with E-state index >= 15 is 0 Å². The van der Waals surface area contributed by atoms with Gasteiger partial charge in [0.05, 0.1) is 0 Å². The van der Waals surface area contributed by atoms with Crippen molar-refractivity contribution in [3.8, 4) is 55.6 Å². The lowest BCUT2D eigenvalue weighted by Gasteiger charge is -2.17. The molecule has 0 unspecified atom stereocenters. The Morgan fingerprint density at radius 1 is 0.283 bits per heavy atom. The van der Waals surface area contributed by atoms with Crippen molar-refractivity contribution >= 4 is 32.3 Å². The van der Waals surface area contributed by atoms with Crippen LogP contribution in [-0.4, -0.2) is 29.9 Å². The van der Waals surface area contributed by atoms with E-state index in [2.05, 4.69) is 121 Å². The molecule has 0 fully saturated rings. The Balaban J connectivity index is 1.24. The highest BCUT2D eigenvalue weighted by molar-refractivity contribution is 6.27. The zero-order chi connectivity index (χ0) is 30.5. The smallest absolute Gasteiger partial charge is 0.115 e. The van der Waals surface area contributed by atoms with Crippen molar-refractivity contribution in [1.82, 2.24) is 29.9 Å². The van der Waals surface area contributed by atoms with Crippen molar-refractivity contribution in [2.75, 3.05) is 0 Å². The van der Waals surface area contributed by atoms with Crippen LogP contribution in [0.3, 0.4) is 0 Å². The second-order valence-corrected chi connectivity index (χ2v) is 11.4. The summed E-state index contributed by atoms with van der Waals surface area (Å²) in [6.07, 6.45) is 15.8. The van der Waals surface area contributed by atoms with Gasteiger partial charge in [-0.3, -0.25) is 0 Å². The van der Waals surface area contributed by atoms with Gasteiger partial charge < -0.3 is 0 Å². The third-order valence-corrected chi connectivity index (χ3v) is 8.79. The Bertz CT molecular complexity index is 2440. The molecule has 0 radical (unpaired) electrons. The van der Waals surface area contributed by atoms with Crippen LogP contribution in [0.15, 0.2) is 147 Å². The zero-order valence-electron chi connectivity index (χ0n) is 24.5.